The summed E-state index contributed by atoms with van der Waals surface area (Å²) in [4.78, 5) is 10.2. The predicted octanol–water partition coefficient (Wildman–Crippen LogP) is 2.76. The predicted molar refractivity (Wildman–Crippen MR) is 95.9 cm³/mol. The highest BCUT2D eigenvalue weighted by Crippen LogP contribution is 2.46. The Labute approximate surface area is 141 Å². The van der Waals surface area contributed by atoms with E-state index in [4.69, 9.17) is 5.73 Å². The van der Waals surface area contributed by atoms with Crippen LogP contribution in [0.3, 0.4) is 0 Å². The average molecular weight is 318 g/mol. The quantitative estimate of drug-likeness (QED) is 0.725. The largest absolute Gasteiger partial charge is 0.361 e. The molecule has 0 bridgehead atoms. The molecule has 2 aromatic heterocycles. The van der Waals surface area contributed by atoms with Crippen LogP contribution in [0, 0.1) is 0 Å². The van der Waals surface area contributed by atoms with Gasteiger partial charge in [-0.2, -0.15) is 0 Å². The van der Waals surface area contributed by atoms with Gasteiger partial charge in [0.1, 0.15) is 0 Å². The van der Waals surface area contributed by atoms with Crippen molar-refractivity contribution < 1.29 is 0 Å². The summed E-state index contributed by atoms with van der Waals surface area (Å²) in [6.45, 7) is 0.871. The lowest BCUT2D eigenvalue weighted by molar-refractivity contribution is 0.0911. The van der Waals surface area contributed by atoms with Crippen molar-refractivity contribution in [3.8, 4) is 0 Å². The molecule has 2 aliphatic rings. The second-order valence-corrected chi connectivity index (χ2v) is 7.48. The van der Waals surface area contributed by atoms with E-state index >= 15 is 0 Å². The first kappa shape index (κ1) is 14.2. The van der Waals surface area contributed by atoms with E-state index in [1.165, 1.54) is 22.0 Å². The van der Waals surface area contributed by atoms with E-state index < -0.39 is 0 Å². The van der Waals surface area contributed by atoms with E-state index in [-0.39, 0.29) is 5.54 Å². The summed E-state index contributed by atoms with van der Waals surface area (Å²) in [5, 5.41) is 1.42. The molecule has 3 atom stereocenters. The standard InChI is InChI=1S/C20H22N4/c1-24-12-20(21,14-4-3-7-22-11-14)9-16-15-5-2-6-17-19(15)13(10-23-17)8-18(16)24/h2-7,10-11,16,18,23H,8-9,12,21H2,1H3/t16-,18-,20?/m1/s1. The number of pyridine rings is 1. The number of H-pyrrole nitrogens is 1. The van der Waals surface area contributed by atoms with Crippen molar-refractivity contribution in [1.29, 1.82) is 0 Å². The molecule has 1 saturated heterocycles. The van der Waals surface area contributed by atoms with Gasteiger partial charge in [0.15, 0.2) is 0 Å². The molecule has 1 unspecified atom stereocenters. The smallest absolute Gasteiger partial charge is 0.0560 e. The van der Waals surface area contributed by atoms with Crippen molar-refractivity contribution in [3.05, 3.63) is 65.6 Å². The van der Waals surface area contributed by atoms with Gasteiger partial charge in [-0.25, -0.2) is 0 Å². The first-order chi connectivity index (χ1) is 11.7. The fourth-order valence-electron chi connectivity index (χ4n) is 4.93. The van der Waals surface area contributed by atoms with Gasteiger partial charge in [0.25, 0.3) is 0 Å². The molecule has 0 radical (unpaired) electrons. The molecule has 3 N–H and O–H groups in total. The van der Waals surface area contributed by atoms with Crippen LogP contribution in [-0.2, 0) is 12.0 Å². The number of aromatic amines is 1. The molecule has 3 heterocycles. The van der Waals surface area contributed by atoms with E-state index in [1.807, 2.05) is 18.5 Å². The molecule has 0 saturated carbocycles. The molecule has 1 aliphatic carbocycles. The summed E-state index contributed by atoms with van der Waals surface area (Å²) < 4.78 is 0. The highest BCUT2D eigenvalue weighted by Gasteiger charge is 2.45. The number of hydrogen-bond acceptors (Lipinski definition) is 3. The summed E-state index contributed by atoms with van der Waals surface area (Å²) in [6, 6.07) is 11.3. The van der Waals surface area contributed by atoms with Crippen molar-refractivity contribution in [2.75, 3.05) is 13.6 Å². The highest BCUT2D eigenvalue weighted by molar-refractivity contribution is 5.88. The Morgan fingerprint density at radius 2 is 2.21 bits per heavy atom. The Morgan fingerprint density at radius 3 is 3.04 bits per heavy atom. The van der Waals surface area contributed by atoms with Gasteiger partial charge in [0, 0.05) is 48.0 Å². The van der Waals surface area contributed by atoms with Crippen LogP contribution in [0.15, 0.2) is 48.9 Å². The van der Waals surface area contributed by atoms with Crippen LogP contribution in [0.25, 0.3) is 10.9 Å². The lowest BCUT2D eigenvalue weighted by Crippen LogP contribution is -2.58. The zero-order valence-corrected chi connectivity index (χ0v) is 13.9. The van der Waals surface area contributed by atoms with Crippen molar-refractivity contribution in [3.63, 3.8) is 0 Å². The van der Waals surface area contributed by atoms with Gasteiger partial charge in [-0.1, -0.05) is 18.2 Å². The Kier molecular flexibility index (Phi) is 2.91. The van der Waals surface area contributed by atoms with Gasteiger partial charge in [-0.15, -0.1) is 0 Å². The summed E-state index contributed by atoms with van der Waals surface area (Å²) in [5.41, 5.74) is 11.8. The maximum Gasteiger partial charge on any atom is 0.0560 e. The average Bonchev–Trinajstić information content (AvgIpc) is 3.02. The van der Waals surface area contributed by atoms with Crippen LogP contribution in [0.1, 0.15) is 29.0 Å². The summed E-state index contributed by atoms with van der Waals surface area (Å²) in [7, 11) is 2.21. The molecule has 24 heavy (non-hydrogen) atoms. The fourth-order valence-corrected chi connectivity index (χ4v) is 4.93. The topological polar surface area (TPSA) is 57.9 Å². The second-order valence-electron chi connectivity index (χ2n) is 7.48. The zero-order chi connectivity index (χ0) is 16.3. The first-order valence-electron chi connectivity index (χ1n) is 8.64. The number of aromatic nitrogens is 2. The molecule has 122 valence electrons. The molecule has 4 heteroatoms. The highest BCUT2D eigenvalue weighted by atomic mass is 15.2. The lowest BCUT2D eigenvalue weighted by atomic mass is 9.68. The van der Waals surface area contributed by atoms with E-state index in [0.29, 0.717) is 12.0 Å². The van der Waals surface area contributed by atoms with E-state index in [9.17, 15) is 0 Å². The number of fused-ring (bicyclic) bond motifs is 2. The number of rotatable bonds is 1. The van der Waals surface area contributed by atoms with Crippen LogP contribution in [0.4, 0.5) is 0 Å². The normalized spacial score (nSPS) is 29.6. The van der Waals surface area contributed by atoms with Crippen LogP contribution >= 0.6 is 0 Å². The molecule has 0 amide bonds. The summed E-state index contributed by atoms with van der Waals surface area (Å²) >= 11 is 0. The Hall–Kier alpha value is -2.17. The number of nitrogens with two attached hydrogens (primary N) is 1. The molecule has 0 spiro atoms. The fraction of sp³-hybridized carbons (Fsp3) is 0.350. The number of likely N-dealkylation sites (tertiary alicyclic amines) is 1. The van der Waals surface area contributed by atoms with E-state index in [1.54, 1.807) is 0 Å². The minimum absolute atomic E-state index is 0.347. The van der Waals surface area contributed by atoms with Crippen LogP contribution in [0.2, 0.25) is 0 Å². The van der Waals surface area contributed by atoms with E-state index in [2.05, 4.69) is 52.4 Å². The zero-order valence-electron chi connectivity index (χ0n) is 13.9. The van der Waals surface area contributed by atoms with Crippen LogP contribution < -0.4 is 5.73 Å². The Bertz CT molecular complexity index is 900. The third-order valence-electron chi connectivity index (χ3n) is 6.03. The summed E-state index contributed by atoms with van der Waals surface area (Å²) in [5.74, 6) is 0.459. The Balaban J connectivity index is 1.64. The van der Waals surface area contributed by atoms with Gasteiger partial charge >= 0.3 is 0 Å². The van der Waals surface area contributed by atoms with Gasteiger partial charge in [-0.05, 0) is 48.7 Å². The molecule has 1 fully saturated rings. The van der Waals surface area contributed by atoms with Crippen molar-refractivity contribution in [2.45, 2.75) is 30.3 Å². The SMILES string of the molecule is CN1CC(N)(c2cccnc2)C[C@@H]2c3cccc4[nH]cc(c34)C[C@H]21. The van der Waals surface area contributed by atoms with E-state index in [0.717, 1.165) is 24.9 Å². The molecule has 4 nitrogen and oxygen atoms in total. The van der Waals surface area contributed by atoms with Crippen molar-refractivity contribution >= 4 is 10.9 Å². The maximum absolute atomic E-state index is 6.91. The van der Waals surface area contributed by atoms with Gasteiger partial charge < -0.3 is 15.6 Å². The first-order valence-corrected chi connectivity index (χ1v) is 8.64. The second kappa shape index (κ2) is 4.91. The number of hydrogen-bond donors (Lipinski definition) is 2. The number of likely N-dealkylation sites (N-methyl/N-ethyl adjacent to an activating group) is 1. The van der Waals surface area contributed by atoms with Gasteiger partial charge in [0.05, 0.1) is 5.54 Å². The van der Waals surface area contributed by atoms with Gasteiger partial charge in [-0.3, -0.25) is 4.98 Å². The minimum atomic E-state index is -0.347. The van der Waals surface area contributed by atoms with Crippen LogP contribution in [0.5, 0.6) is 0 Å². The minimum Gasteiger partial charge on any atom is -0.361 e. The maximum atomic E-state index is 6.91. The molecule has 3 aromatic rings. The molecular weight excluding hydrogens is 296 g/mol. The van der Waals surface area contributed by atoms with Crippen LogP contribution in [-0.4, -0.2) is 34.5 Å². The molecular formula is C20H22N4. The lowest BCUT2D eigenvalue weighted by Gasteiger charge is -2.50. The monoisotopic (exact) mass is 318 g/mol. The van der Waals surface area contributed by atoms with Gasteiger partial charge in [0.2, 0.25) is 0 Å². The molecule has 1 aromatic carbocycles. The van der Waals surface area contributed by atoms with Crippen molar-refractivity contribution in [2.24, 2.45) is 5.73 Å². The Morgan fingerprint density at radius 1 is 1.29 bits per heavy atom. The molecule has 1 aliphatic heterocycles. The third kappa shape index (κ3) is 1.90. The number of benzene rings is 1. The third-order valence-corrected chi connectivity index (χ3v) is 6.03. The van der Waals surface area contributed by atoms with Crippen molar-refractivity contribution in [1.82, 2.24) is 14.9 Å². The number of nitrogens with zero attached hydrogens (tertiary/aromatic N) is 2. The number of nitrogens with one attached hydrogen (secondary N) is 1. The summed E-state index contributed by atoms with van der Waals surface area (Å²) in [6.07, 6.45) is 8.00. The molecule has 5 rings (SSSR count). The number of piperidine rings is 1.